The highest BCUT2D eigenvalue weighted by atomic mass is 32.1. The molecule has 0 spiro atoms. The molecule has 0 bridgehead atoms. The molecule has 0 radical (unpaired) electrons. The maximum atomic E-state index is 13.4. The zero-order chi connectivity index (χ0) is 23.3. The number of carbonyl (C=O) groups is 2. The normalized spacial score (nSPS) is 16.4. The summed E-state index contributed by atoms with van der Waals surface area (Å²) in [6, 6.07) is 7.36. The summed E-state index contributed by atoms with van der Waals surface area (Å²) in [4.78, 5) is 30.8. The zero-order valence-corrected chi connectivity index (χ0v) is 20.0. The second kappa shape index (κ2) is 10.8. The molecule has 1 aliphatic rings. The first-order chi connectivity index (χ1) is 15.3. The standard InChI is InChI=1S/C24H32FN3O3S/c1-5-17(4)28(24(30)26-16(2)3)14-23(29)27-12-10-22-20(11-13-32-22)21(27)15-31-19-8-6-18(25)7-9-19/h6-9,11,13,16-17,21H,5,10,12,14-15H2,1-4H3,(H,26,30)/t17-,21+/m1/s1. The molecule has 8 heteroatoms. The van der Waals surface area contributed by atoms with E-state index in [-0.39, 0.29) is 49.0 Å². The molecule has 6 nitrogen and oxygen atoms in total. The van der Waals surface area contributed by atoms with Crippen molar-refractivity contribution in [3.8, 4) is 5.75 Å². The average molecular weight is 462 g/mol. The number of hydrogen-bond donors (Lipinski definition) is 1. The number of nitrogens with one attached hydrogen (secondary N) is 1. The Morgan fingerprint density at radius 2 is 1.97 bits per heavy atom. The lowest BCUT2D eigenvalue weighted by Crippen LogP contribution is -2.53. The highest BCUT2D eigenvalue weighted by molar-refractivity contribution is 7.10. The van der Waals surface area contributed by atoms with Gasteiger partial charge in [-0.05, 0) is 74.9 Å². The van der Waals surface area contributed by atoms with Gasteiger partial charge in [-0.15, -0.1) is 11.3 Å². The molecule has 1 aromatic heterocycles. The minimum absolute atomic E-state index is 0.00985. The molecule has 1 aliphatic heterocycles. The van der Waals surface area contributed by atoms with Gasteiger partial charge in [-0.3, -0.25) is 4.79 Å². The third kappa shape index (κ3) is 5.79. The van der Waals surface area contributed by atoms with Crippen LogP contribution < -0.4 is 10.1 Å². The number of rotatable bonds is 8. The van der Waals surface area contributed by atoms with E-state index >= 15 is 0 Å². The van der Waals surface area contributed by atoms with Crippen LogP contribution in [0.2, 0.25) is 0 Å². The van der Waals surface area contributed by atoms with E-state index in [1.54, 1.807) is 28.4 Å². The minimum Gasteiger partial charge on any atom is -0.491 e. The summed E-state index contributed by atoms with van der Waals surface area (Å²) in [7, 11) is 0. The molecule has 2 atom stereocenters. The van der Waals surface area contributed by atoms with E-state index in [1.807, 2.05) is 44.0 Å². The molecular weight excluding hydrogens is 429 g/mol. The molecule has 3 amide bonds. The second-order valence-electron chi connectivity index (χ2n) is 8.41. The van der Waals surface area contributed by atoms with Gasteiger partial charge in [-0.25, -0.2) is 9.18 Å². The number of hydrogen-bond acceptors (Lipinski definition) is 4. The van der Waals surface area contributed by atoms with Gasteiger partial charge in [-0.1, -0.05) is 6.92 Å². The molecule has 3 rings (SSSR count). The van der Waals surface area contributed by atoms with Gasteiger partial charge in [0.25, 0.3) is 0 Å². The van der Waals surface area contributed by atoms with E-state index < -0.39 is 0 Å². The van der Waals surface area contributed by atoms with Crippen LogP contribution in [-0.2, 0) is 11.2 Å². The molecule has 0 saturated heterocycles. The molecular formula is C24H32FN3O3S. The van der Waals surface area contributed by atoms with Crippen LogP contribution in [-0.4, -0.2) is 53.5 Å². The third-order valence-corrected chi connectivity index (χ3v) is 6.73. The Morgan fingerprint density at radius 1 is 1.25 bits per heavy atom. The van der Waals surface area contributed by atoms with Crippen LogP contribution in [0, 0.1) is 5.82 Å². The highest BCUT2D eigenvalue weighted by Gasteiger charge is 2.34. The molecule has 2 heterocycles. The fourth-order valence-corrected chi connectivity index (χ4v) is 4.72. The van der Waals surface area contributed by atoms with Crippen molar-refractivity contribution < 1.29 is 18.7 Å². The second-order valence-corrected chi connectivity index (χ2v) is 9.41. The maximum absolute atomic E-state index is 13.4. The van der Waals surface area contributed by atoms with E-state index in [0.29, 0.717) is 12.3 Å². The summed E-state index contributed by atoms with van der Waals surface area (Å²) in [6.07, 6.45) is 1.54. The van der Waals surface area contributed by atoms with E-state index in [2.05, 4.69) is 5.32 Å². The van der Waals surface area contributed by atoms with Crippen molar-refractivity contribution >= 4 is 23.3 Å². The molecule has 174 valence electrons. The Morgan fingerprint density at radius 3 is 2.62 bits per heavy atom. The molecule has 0 fully saturated rings. The molecule has 0 unspecified atom stereocenters. The molecule has 32 heavy (non-hydrogen) atoms. The van der Waals surface area contributed by atoms with Gasteiger partial charge in [0.05, 0.1) is 6.04 Å². The Labute approximate surface area is 193 Å². The van der Waals surface area contributed by atoms with E-state index in [0.717, 1.165) is 18.4 Å². The van der Waals surface area contributed by atoms with Crippen LogP contribution in [0.5, 0.6) is 5.75 Å². The molecule has 1 aromatic carbocycles. The lowest BCUT2D eigenvalue weighted by molar-refractivity contribution is -0.136. The Bertz CT molecular complexity index is 915. The first kappa shape index (κ1) is 24.0. The van der Waals surface area contributed by atoms with Crippen molar-refractivity contribution in [3.05, 3.63) is 52.0 Å². The van der Waals surface area contributed by atoms with Gasteiger partial charge in [0.2, 0.25) is 5.91 Å². The van der Waals surface area contributed by atoms with E-state index in [1.165, 1.54) is 17.0 Å². The highest BCUT2D eigenvalue weighted by Crippen LogP contribution is 2.34. The van der Waals surface area contributed by atoms with Crippen molar-refractivity contribution in [1.82, 2.24) is 15.1 Å². The summed E-state index contributed by atoms with van der Waals surface area (Å²) in [5.74, 6) is 0.129. The van der Waals surface area contributed by atoms with Gasteiger partial charge in [0.1, 0.15) is 24.7 Å². The number of urea groups is 1. The average Bonchev–Trinajstić information content (AvgIpc) is 3.24. The molecule has 2 aromatic rings. The topological polar surface area (TPSA) is 61.9 Å². The van der Waals surface area contributed by atoms with Crippen molar-refractivity contribution in [1.29, 1.82) is 0 Å². The molecule has 0 aliphatic carbocycles. The largest absolute Gasteiger partial charge is 0.491 e. The smallest absolute Gasteiger partial charge is 0.318 e. The predicted molar refractivity (Wildman–Crippen MR) is 124 cm³/mol. The number of nitrogens with zero attached hydrogens (tertiary/aromatic N) is 2. The van der Waals surface area contributed by atoms with Gasteiger partial charge in [0, 0.05) is 23.5 Å². The number of thiophene rings is 1. The number of benzene rings is 1. The zero-order valence-electron chi connectivity index (χ0n) is 19.1. The SMILES string of the molecule is CC[C@@H](C)N(CC(=O)N1CCc2sccc2[C@@H]1COc1ccc(F)cc1)C(=O)NC(C)C. The summed E-state index contributed by atoms with van der Waals surface area (Å²) in [5, 5.41) is 4.94. The first-order valence-electron chi connectivity index (χ1n) is 11.1. The van der Waals surface area contributed by atoms with Gasteiger partial charge in [0.15, 0.2) is 0 Å². The van der Waals surface area contributed by atoms with Crippen LogP contribution >= 0.6 is 11.3 Å². The Kier molecular flexibility index (Phi) is 8.12. The Balaban J connectivity index is 1.77. The molecule has 0 saturated carbocycles. The summed E-state index contributed by atoms with van der Waals surface area (Å²) >= 11 is 1.68. The third-order valence-electron chi connectivity index (χ3n) is 5.74. The number of amides is 3. The number of halogens is 1. The maximum Gasteiger partial charge on any atom is 0.318 e. The summed E-state index contributed by atoms with van der Waals surface area (Å²) in [5.41, 5.74) is 1.08. The fourth-order valence-electron chi connectivity index (χ4n) is 3.80. The van der Waals surface area contributed by atoms with Crippen LogP contribution in [0.25, 0.3) is 0 Å². The summed E-state index contributed by atoms with van der Waals surface area (Å²) in [6.45, 7) is 8.62. The van der Waals surface area contributed by atoms with Crippen molar-refractivity contribution in [2.45, 2.75) is 58.7 Å². The van der Waals surface area contributed by atoms with E-state index in [9.17, 15) is 14.0 Å². The summed E-state index contributed by atoms with van der Waals surface area (Å²) < 4.78 is 19.2. The number of carbonyl (C=O) groups excluding carboxylic acids is 2. The van der Waals surface area contributed by atoms with Crippen LogP contribution in [0.1, 0.15) is 50.6 Å². The lowest BCUT2D eigenvalue weighted by Gasteiger charge is -2.38. The first-order valence-corrected chi connectivity index (χ1v) is 12.0. The van der Waals surface area contributed by atoms with Crippen molar-refractivity contribution in [3.63, 3.8) is 0 Å². The van der Waals surface area contributed by atoms with Gasteiger partial charge in [-0.2, -0.15) is 0 Å². The minimum atomic E-state index is -0.322. The fraction of sp³-hybridized carbons (Fsp3) is 0.500. The van der Waals surface area contributed by atoms with Crippen LogP contribution in [0.4, 0.5) is 9.18 Å². The quantitative estimate of drug-likeness (QED) is 0.625. The number of fused-ring (bicyclic) bond motifs is 1. The molecule has 1 N–H and O–H groups in total. The number of ether oxygens (including phenoxy) is 1. The lowest BCUT2D eigenvalue weighted by atomic mass is 10.00. The Hall–Kier alpha value is -2.61. The van der Waals surface area contributed by atoms with Crippen LogP contribution in [0.3, 0.4) is 0 Å². The van der Waals surface area contributed by atoms with Crippen molar-refractivity contribution in [2.24, 2.45) is 0 Å². The van der Waals surface area contributed by atoms with Crippen molar-refractivity contribution in [2.75, 3.05) is 19.7 Å². The van der Waals surface area contributed by atoms with Crippen LogP contribution in [0.15, 0.2) is 35.7 Å². The van der Waals surface area contributed by atoms with Gasteiger partial charge < -0.3 is 19.9 Å². The van der Waals surface area contributed by atoms with E-state index in [4.69, 9.17) is 4.74 Å². The monoisotopic (exact) mass is 461 g/mol. The predicted octanol–water partition coefficient (Wildman–Crippen LogP) is 4.61. The van der Waals surface area contributed by atoms with Gasteiger partial charge >= 0.3 is 6.03 Å².